The van der Waals surface area contributed by atoms with Crippen LogP contribution in [0.25, 0.3) is 5.57 Å². The van der Waals surface area contributed by atoms with Gasteiger partial charge in [0, 0.05) is 18.5 Å². The van der Waals surface area contributed by atoms with Gasteiger partial charge >= 0.3 is 5.97 Å². The van der Waals surface area contributed by atoms with Gasteiger partial charge in [-0.15, -0.1) is 0 Å². The summed E-state index contributed by atoms with van der Waals surface area (Å²) in [5.74, 6) is -0.258. The number of rotatable bonds is 4. The van der Waals surface area contributed by atoms with E-state index < -0.39 is 21.4 Å². The van der Waals surface area contributed by atoms with Gasteiger partial charge in [0.2, 0.25) is 11.6 Å². The summed E-state index contributed by atoms with van der Waals surface area (Å²) < 4.78 is 34.3. The van der Waals surface area contributed by atoms with E-state index in [4.69, 9.17) is 9.47 Å². The van der Waals surface area contributed by atoms with E-state index in [0.29, 0.717) is 11.1 Å². The van der Waals surface area contributed by atoms with Gasteiger partial charge in [0.1, 0.15) is 5.60 Å². The standard InChI is InChI=1S/C18H17NO5S/c1-18(2)15(12-7-9-13(10-8-12)25(3,21)22)16(17(20)24-18)23-14-6-4-5-11-19-14/h4-11H,1-3H3. The third-order valence-corrected chi connectivity index (χ3v) is 4.91. The van der Waals surface area contributed by atoms with Gasteiger partial charge in [-0.2, -0.15) is 0 Å². The lowest BCUT2D eigenvalue weighted by Crippen LogP contribution is -2.22. The summed E-state index contributed by atoms with van der Waals surface area (Å²) in [5.41, 5.74) is 0.283. The SMILES string of the molecule is CC1(C)OC(=O)C(Oc2ccccn2)=C1c1ccc(S(C)(=O)=O)cc1. The zero-order valence-electron chi connectivity index (χ0n) is 14.0. The van der Waals surface area contributed by atoms with Gasteiger partial charge in [-0.05, 0) is 37.6 Å². The van der Waals surface area contributed by atoms with Crippen molar-refractivity contribution in [3.8, 4) is 5.88 Å². The van der Waals surface area contributed by atoms with Crippen molar-refractivity contribution in [1.82, 2.24) is 4.98 Å². The molecule has 0 atom stereocenters. The fraction of sp³-hybridized carbons (Fsp3) is 0.222. The number of nitrogens with zero attached hydrogens (tertiary/aromatic N) is 1. The Kier molecular flexibility index (Phi) is 4.12. The van der Waals surface area contributed by atoms with Crippen molar-refractivity contribution in [3.63, 3.8) is 0 Å². The first-order chi connectivity index (χ1) is 11.7. The number of pyridine rings is 1. The maximum Gasteiger partial charge on any atom is 0.375 e. The number of aromatic nitrogens is 1. The molecule has 2 aromatic rings. The molecule has 1 aromatic heterocycles. The molecule has 0 spiro atoms. The molecule has 1 aliphatic rings. The molecule has 0 unspecified atom stereocenters. The van der Waals surface area contributed by atoms with E-state index in [9.17, 15) is 13.2 Å². The Bertz CT molecular complexity index is 945. The average molecular weight is 359 g/mol. The molecule has 130 valence electrons. The molecule has 3 rings (SSSR count). The van der Waals surface area contributed by atoms with Gasteiger partial charge in [-0.25, -0.2) is 18.2 Å². The second-order valence-electron chi connectivity index (χ2n) is 6.17. The van der Waals surface area contributed by atoms with Gasteiger partial charge in [-0.1, -0.05) is 18.2 Å². The third kappa shape index (κ3) is 3.41. The monoisotopic (exact) mass is 359 g/mol. The van der Waals surface area contributed by atoms with Crippen molar-refractivity contribution in [3.05, 3.63) is 60.0 Å². The van der Waals surface area contributed by atoms with Crippen LogP contribution in [0.2, 0.25) is 0 Å². The minimum atomic E-state index is -3.30. The predicted molar refractivity (Wildman–Crippen MR) is 91.5 cm³/mol. The van der Waals surface area contributed by atoms with Gasteiger partial charge in [0.25, 0.3) is 0 Å². The minimum absolute atomic E-state index is 0.0517. The van der Waals surface area contributed by atoms with Crippen LogP contribution in [0.1, 0.15) is 19.4 Å². The van der Waals surface area contributed by atoms with E-state index in [0.717, 1.165) is 6.26 Å². The second kappa shape index (κ2) is 6.00. The van der Waals surface area contributed by atoms with Crippen LogP contribution in [0.5, 0.6) is 5.88 Å². The number of hydrogen-bond acceptors (Lipinski definition) is 6. The Morgan fingerprint density at radius 3 is 2.32 bits per heavy atom. The van der Waals surface area contributed by atoms with Gasteiger partial charge in [-0.3, -0.25) is 0 Å². The molecule has 0 saturated heterocycles. The van der Waals surface area contributed by atoms with Gasteiger partial charge in [0.15, 0.2) is 9.84 Å². The molecule has 0 aliphatic carbocycles. The number of hydrogen-bond donors (Lipinski definition) is 0. The molecule has 0 radical (unpaired) electrons. The topological polar surface area (TPSA) is 82.6 Å². The smallest absolute Gasteiger partial charge is 0.375 e. The second-order valence-corrected chi connectivity index (χ2v) is 8.19. The highest BCUT2D eigenvalue weighted by molar-refractivity contribution is 7.90. The first-order valence-corrected chi connectivity index (χ1v) is 9.45. The molecule has 0 fully saturated rings. The largest absolute Gasteiger partial charge is 0.449 e. The number of benzene rings is 1. The molecule has 0 saturated carbocycles. The molecule has 0 bridgehead atoms. The van der Waals surface area contributed by atoms with Crippen molar-refractivity contribution in [2.45, 2.75) is 24.3 Å². The van der Waals surface area contributed by atoms with Crippen LogP contribution >= 0.6 is 0 Å². The summed E-state index contributed by atoms with van der Waals surface area (Å²) in [7, 11) is -3.30. The first-order valence-electron chi connectivity index (χ1n) is 7.56. The number of cyclic esters (lactones) is 1. The van der Waals surface area contributed by atoms with E-state index in [1.807, 2.05) is 0 Å². The van der Waals surface area contributed by atoms with E-state index >= 15 is 0 Å². The predicted octanol–water partition coefficient (Wildman–Crippen LogP) is 2.61. The Morgan fingerprint density at radius 1 is 1.08 bits per heavy atom. The lowest BCUT2D eigenvalue weighted by atomic mass is 9.92. The highest BCUT2D eigenvalue weighted by Gasteiger charge is 2.43. The molecule has 0 N–H and O–H groups in total. The zero-order chi connectivity index (χ0) is 18.2. The quantitative estimate of drug-likeness (QED) is 0.781. The fourth-order valence-corrected chi connectivity index (χ4v) is 3.29. The summed E-state index contributed by atoms with van der Waals surface area (Å²) in [6.07, 6.45) is 2.70. The Labute approximate surface area is 146 Å². The first kappa shape index (κ1) is 17.2. The van der Waals surface area contributed by atoms with Crippen LogP contribution in [0, 0.1) is 0 Å². The molecule has 6 nitrogen and oxygen atoms in total. The van der Waals surface area contributed by atoms with E-state index in [1.165, 1.54) is 12.1 Å². The van der Waals surface area contributed by atoms with Gasteiger partial charge in [0.05, 0.1) is 10.5 Å². The number of carbonyl (C=O) groups is 1. The lowest BCUT2D eigenvalue weighted by molar-refractivity contribution is -0.145. The summed E-state index contributed by atoms with van der Waals surface area (Å²) in [6.45, 7) is 3.50. The molecular weight excluding hydrogens is 342 g/mol. The summed E-state index contributed by atoms with van der Waals surface area (Å²) in [4.78, 5) is 16.5. The number of carbonyl (C=O) groups excluding carboxylic acids is 1. The van der Waals surface area contributed by atoms with E-state index in [2.05, 4.69) is 4.98 Å². The number of ether oxygens (including phenoxy) is 2. The highest BCUT2D eigenvalue weighted by atomic mass is 32.2. The molecule has 2 heterocycles. The molecule has 7 heteroatoms. The Balaban J connectivity index is 2.09. The summed E-state index contributed by atoms with van der Waals surface area (Å²) >= 11 is 0. The highest BCUT2D eigenvalue weighted by Crippen LogP contribution is 2.40. The van der Waals surface area contributed by atoms with Crippen LogP contribution in [0.3, 0.4) is 0 Å². The average Bonchev–Trinajstić information content (AvgIpc) is 2.76. The van der Waals surface area contributed by atoms with Crippen molar-refractivity contribution in [2.24, 2.45) is 0 Å². The molecule has 1 aromatic carbocycles. The lowest BCUT2D eigenvalue weighted by Gasteiger charge is -2.21. The zero-order valence-corrected chi connectivity index (χ0v) is 14.8. The normalized spacial score (nSPS) is 16.7. The van der Waals surface area contributed by atoms with Crippen LogP contribution < -0.4 is 4.74 Å². The molecule has 1 aliphatic heterocycles. The van der Waals surface area contributed by atoms with Crippen LogP contribution in [-0.2, 0) is 19.4 Å². The van der Waals surface area contributed by atoms with Gasteiger partial charge < -0.3 is 9.47 Å². The van der Waals surface area contributed by atoms with Crippen molar-refractivity contribution in [2.75, 3.05) is 6.26 Å². The van der Waals surface area contributed by atoms with E-state index in [1.54, 1.807) is 50.4 Å². The van der Waals surface area contributed by atoms with Crippen molar-refractivity contribution >= 4 is 21.4 Å². The maximum atomic E-state index is 12.3. The van der Waals surface area contributed by atoms with Crippen LogP contribution in [0.15, 0.2) is 59.3 Å². The van der Waals surface area contributed by atoms with Crippen molar-refractivity contribution < 1.29 is 22.7 Å². The molecule has 0 amide bonds. The molecular formula is C18H17NO5S. The fourth-order valence-electron chi connectivity index (χ4n) is 2.66. The Hall–Kier alpha value is -2.67. The van der Waals surface area contributed by atoms with E-state index in [-0.39, 0.29) is 16.5 Å². The minimum Gasteiger partial charge on any atom is -0.449 e. The van der Waals surface area contributed by atoms with Crippen LogP contribution in [-0.4, -0.2) is 31.2 Å². The van der Waals surface area contributed by atoms with Crippen LogP contribution in [0.4, 0.5) is 0 Å². The number of esters is 1. The summed E-state index contributed by atoms with van der Waals surface area (Å²) in [6, 6.07) is 11.4. The molecule has 25 heavy (non-hydrogen) atoms. The van der Waals surface area contributed by atoms with Crippen molar-refractivity contribution in [1.29, 1.82) is 0 Å². The third-order valence-electron chi connectivity index (χ3n) is 3.78. The maximum absolute atomic E-state index is 12.3. The Morgan fingerprint density at radius 2 is 1.76 bits per heavy atom. The summed E-state index contributed by atoms with van der Waals surface area (Å²) in [5, 5.41) is 0. The number of sulfone groups is 1.